The van der Waals surface area contributed by atoms with Crippen LogP contribution in [0.1, 0.15) is 47.9 Å². The highest BCUT2D eigenvalue weighted by atomic mass is 16.6. The number of benzene rings is 3. The van der Waals surface area contributed by atoms with E-state index >= 15 is 0 Å². The second-order valence-corrected chi connectivity index (χ2v) is 11.1. The van der Waals surface area contributed by atoms with Crippen LogP contribution in [-0.2, 0) is 11.2 Å². The molecule has 2 aliphatic heterocycles. The number of hydrogen-bond donors (Lipinski definition) is 4. The second kappa shape index (κ2) is 12.5. The predicted octanol–water partition coefficient (Wildman–Crippen LogP) is 5.55. The van der Waals surface area contributed by atoms with Crippen molar-refractivity contribution in [2.45, 2.75) is 32.1 Å². The molecule has 0 bridgehead atoms. The Morgan fingerprint density at radius 2 is 1.73 bits per heavy atom. The van der Waals surface area contributed by atoms with E-state index in [9.17, 15) is 24.8 Å². The summed E-state index contributed by atoms with van der Waals surface area (Å²) in [6.07, 6.45) is 7.45. The summed E-state index contributed by atoms with van der Waals surface area (Å²) in [4.78, 5) is 44.8. The maximum atomic E-state index is 11.9. The maximum Gasteiger partial charge on any atom is 0.326 e. The summed E-state index contributed by atoms with van der Waals surface area (Å²) < 4.78 is 0. The molecule has 11 heteroatoms. The van der Waals surface area contributed by atoms with Gasteiger partial charge < -0.3 is 20.3 Å². The standard InChI is InChI=1S/C33H32N6O5/c40-31-28(36-33(42)37-31)19-22-8-12-24(13-9-22)34-30(29-26-20-25(39(43)44)14-15-27(26)35-32(29)41)23-10-6-21(7-11-23)5-4-18-38-16-2-1-3-17-38/h6-15,19-20,35,41H,1-5,16-18H2,(H2,36,37,40,42)/b28-19+,34-30?. The van der Waals surface area contributed by atoms with E-state index in [0.29, 0.717) is 33.4 Å². The number of likely N-dealkylation sites (tertiary alicyclic amines) is 1. The Morgan fingerprint density at radius 3 is 2.41 bits per heavy atom. The Kier molecular flexibility index (Phi) is 8.20. The van der Waals surface area contributed by atoms with Gasteiger partial charge >= 0.3 is 6.03 Å². The van der Waals surface area contributed by atoms with Crippen LogP contribution < -0.4 is 10.6 Å². The van der Waals surface area contributed by atoms with Crippen LogP contribution in [0.25, 0.3) is 17.0 Å². The van der Waals surface area contributed by atoms with Gasteiger partial charge in [0, 0.05) is 28.6 Å². The first-order valence-electron chi connectivity index (χ1n) is 14.7. The number of carbonyl (C=O) groups is 2. The molecular formula is C33H32N6O5. The summed E-state index contributed by atoms with van der Waals surface area (Å²) in [6.45, 7) is 3.44. The molecule has 3 aromatic carbocycles. The summed E-state index contributed by atoms with van der Waals surface area (Å²) in [5, 5.41) is 27.7. The number of aromatic amines is 1. The molecule has 2 fully saturated rings. The lowest BCUT2D eigenvalue weighted by Gasteiger charge is -2.26. The van der Waals surface area contributed by atoms with Crippen molar-refractivity contribution < 1.29 is 19.6 Å². The van der Waals surface area contributed by atoms with Crippen molar-refractivity contribution in [3.05, 3.63) is 105 Å². The number of nitrogens with zero attached hydrogens (tertiary/aromatic N) is 3. The molecule has 2 aliphatic rings. The lowest BCUT2D eigenvalue weighted by molar-refractivity contribution is -0.384. The maximum absolute atomic E-state index is 11.9. The number of amides is 3. The van der Waals surface area contributed by atoms with Gasteiger partial charge in [-0.3, -0.25) is 20.2 Å². The molecule has 3 heterocycles. The molecule has 0 aliphatic carbocycles. The molecule has 224 valence electrons. The SMILES string of the molecule is O=C1NC(=O)/C(=C\c2ccc(N=C(c3ccc(CCCN4CCCCC4)cc3)c3c(O)[nH]c4ccc([N+](=O)[O-])cc34)cc2)N1. The lowest BCUT2D eigenvalue weighted by Crippen LogP contribution is -2.30. The van der Waals surface area contributed by atoms with Crippen molar-refractivity contribution in [1.29, 1.82) is 0 Å². The van der Waals surface area contributed by atoms with E-state index in [-0.39, 0.29) is 17.3 Å². The van der Waals surface area contributed by atoms with Crippen LogP contribution in [0.4, 0.5) is 16.2 Å². The highest BCUT2D eigenvalue weighted by molar-refractivity contribution is 6.22. The molecule has 0 unspecified atom stereocenters. The van der Waals surface area contributed by atoms with E-state index in [4.69, 9.17) is 4.99 Å². The predicted molar refractivity (Wildman–Crippen MR) is 168 cm³/mol. The number of nitrogens with one attached hydrogen (secondary N) is 3. The number of piperidine rings is 1. The molecule has 2 saturated heterocycles. The molecule has 0 saturated carbocycles. The average molecular weight is 593 g/mol. The summed E-state index contributed by atoms with van der Waals surface area (Å²) in [5.74, 6) is -0.646. The average Bonchev–Trinajstić information content (AvgIpc) is 3.53. The van der Waals surface area contributed by atoms with E-state index in [1.807, 2.05) is 12.1 Å². The van der Waals surface area contributed by atoms with Gasteiger partial charge in [-0.1, -0.05) is 42.8 Å². The minimum atomic E-state index is -0.570. The number of aliphatic imine (C=N–C) groups is 1. The number of aromatic hydroxyl groups is 1. The fraction of sp³-hybridized carbons (Fsp3) is 0.242. The van der Waals surface area contributed by atoms with Gasteiger partial charge in [0.1, 0.15) is 5.70 Å². The minimum absolute atomic E-state index is 0.0958. The van der Waals surface area contributed by atoms with Crippen molar-refractivity contribution in [2.24, 2.45) is 4.99 Å². The zero-order valence-electron chi connectivity index (χ0n) is 24.0. The zero-order chi connectivity index (χ0) is 30.6. The van der Waals surface area contributed by atoms with Gasteiger partial charge in [-0.2, -0.15) is 0 Å². The number of urea groups is 1. The molecule has 1 aromatic heterocycles. The number of aromatic nitrogens is 1. The van der Waals surface area contributed by atoms with Crippen molar-refractivity contribution in [3.8, 4) is 5.88 Å². The molecule has 3 amide bonds. The Bertz CT molecular complexity index is 1780. The first-order valence-corrected chi connectivity index (χ1v) is 14.7. The molecule has 44 heavy (non-hydrogen) atoms. The first kappa shape index (κ1) is 28.8. The number of H-pyrrole nitrogens is 1. The van der Waals surface area contributed by atoms with Gasteiger partial charge in [0.15, 0.2) is 5.88 Å². The monoisotopic (exact) mass is 592 g/mol. The topological polar surface area (TPSA) is 153 Å². The number of imide groups is 1. The number of nitro benzene ring substituents is 1. The normalized spacial score (nSPS) is 16.8. The third-order valence-corrected chi connectivity index (χ3v) is 7.99. The summed E-state index contributed by atoms with van der Waals surface area (Å²) in [7, 11) is 0. The van der Waals surface area contributed by atoms with E-state index in [1.165, 1.54) is 50.0 Å². The molecule has 6 rings (SSSR count). The summed E-state index contributed by atoms with van der Waals surface area (Å²) in [5.41, 5.74) is 4.58. The van der Waals surface area contributed by atoms with E-state index in [2.05, 4.69) is 32.7 Å². The third-order valence-electron chi connectivity index (χ3n) is 7.99. The van der Waals surface area contributed by atoms with Gasteiger partial charge in [-0.05, 0) is 80.7 Å². The number of fused-ring (bicyclic) bond motifs is 1. The Hall–Kier alpha value is -5.29. The highest BCUT2D eigenvalue weighted by Gasteiger charge is 2.23. The van der Waals surface area contributed by atoms with Crippen LogP contribution in [0.3, 0.4) is 0 Å². The van der Waals surface area contributed by atoms with Crippen LogP contribution in [0, 0.1) is 10.1 Å². The zero-order valence-corrected chi connectivity index (χ0v) is 24.0. The number of rotatable bonds is 9. The van der Waals surface area contributed by atoms with Crippen LogP contribution in [-0.4, -0.2) is 57.2 Å². The Balaban J connectivity index is 1.33. The number of aryl methyl sites for hydroxylation is 1. The Labute approximate surface area is 253 Å². The van der Waals surface area contributed by atoms with Gasteiger partial charge in [0.2, 0.25) is 0 Å². The number of hydrogen-bond acceptors (Lipinski definition) is 7. The van der Waals surface area contributed by atoms with Crippen LogP contribution in [0.15, 0.2) is 77.4 Å². The van der Waals surface area contributed by atoms with Crippen molar-refractivity contribution >= 4 is 46.0 Å². The largest absolute Gasteiger partial charge is 0.494 e. The number of non-ortho nitro benzene ring substituents is 1. The van der Waals surface area contributed by atoms with Crippen molar-refractivity contribution in [1.82, 2.24) is 20.5 Å². The van der Waals surface area contributed by atoms with E-state index in [1.54, 1.807) is 36.4 Å². The fourth-order valence-corrected chi connectivity index (χ4v) is 5.73. The van der Waals surface area contributed by atoms with Gasteiger partial charge in [-0.25, -0.2) is 9.79 Å². The summed E-state index contributed by atoms with van der Waals surface area (Å²) in [6, 6.07) is 18.9. The van der Waals surface area contributed by atoms with Gasteiger partial charge in [0.25, 0.3) is 11.6 Å². The molecular weight excluding hydrogens is 560 g/mol. The number of nitro groups is 1. The Morgan fingerprint density at radius 1 is 0.977 bits per heavy atom. The van der Waals surface area contributed by atoms with E-state index in [0.717, 1.165) is 24.9 Å². The quantitative estimate of drug-likeness (QED) is 0.0657. The second-order valence-electron chi connectivity index (χ2n) is 11.1. The molecule has 4 N–H and O–H groups in total. The smallest absolute Gasteiger partial charge is 0.326 e. The van der Waals surface area contributed by atoms with Crippen LogP contribution in [0.5, 0.6) is 5.88 Å². The lowest BCUT2D eigenvalue weighted by atomic mass is 9.98. The van der Waals surface area contributed by atoms with Crippen molar-refractivity contribution in [2.75, 3.05) is 19.6 Å². The highest BCUT2D eigenvalue weighted by Crippen LogP contribution is 2.34. The van der Waals surface area contributed by atoms with Crippen LogP contribution in [0.2, 0.25) is 0 Å². The fourth-order valence-electron chi connectivity index (χ4n) is 5.73. The molecule has 0 spiro atoms. The third kappa shape index (κ3) is 6.37. The van der Waals surface area contributed by atoms with Gasteiger partial charge in [0.05, 0.1) is 21.9 Å². The van der Waals surface area contributed by atoms with Gasteiger partial charge in [-0.15, -0.1) is 0 Å². The van der Waals surface area contributed by atoms with E-state index < -0.39 is 16.9 Å². The first-order chi connectivity index (χ1) is 21.3. The summed E-state index contributed by atoms with van der Waals surface area (Å²) >= 11 is 0. The van der Waals surface area contributed by atoms with Crippen molar-refractivity contribution in [3.63, 3.8) is 0 Å². The molecule has 11 nitrogen and oxygen atoms in total. The molecule has 4 aromatic rings. The minimum Gasteiger partial charge on any atom is -0.494 e. The number of carbonyl (C=O) groups excluding carboxylic acids is 2. The molecule has 0 radical (unpaired) electrons. The van der Waals surface area contributed by atoms with Crippen LogP contribution >= 0.6 is 0 Å². The molecule has 0 atom stereocenters.